The molecule has 0 saturated heterocycles. The number of para-hydroxylation sites is 5. The van der Waals surface area contributed by atoms with Gasteiger partial charge in [-0.25, -0.2) is 0 Å². The first kappa shape index (κ1) is 31.1. The third-order valence-corrected chi connectivity index (χ3v) is 13.2. The SMILES string of the molecule is c1ccc2c(c1)oc1ccc(N3c4cc5c(cc4B4c6cc7oc8ccccc8c7cc6-c6cc(-c7cccc8c7oc7ccccc78)cc3c64)oc3ccccc35)cc12. The van der Waals surface area contributed by atoms with Crippen molar-refractivity contribution in [2.75, 3.05) is 4.90 Å². The van der Waals surface area contributed by atoms with Gasteiger partial charge in [-0.15, -0.1) is 0 Å². The van der Waals surface area contributed by atoms with Crippen molar-refractivity contribution in [2.45, 2.75) is 0 Å². The predicted molar refractivity (Wildman–Crippen MR) is 246 cm³/mol. The monoisotopic (exact) mass is 765 g/mol. The molecule has 6 heterocycles. The zero-order chi connectivity index (χ0) is 38.8. The summed E-state index contributed by atoms with van der Waals surface area (Å²) in [6.45, 7) is -0.0685. The van der Waals surface area contributed by atoms with Crippen LogP contribution in [0.4, 0.5) is 17.1 Å². The van der Waals surface area contributed by atoms with Crippen molar-refractivity contribution in [3.8, 4) is 22.3 Å². The molecular formula is C54H28BNO4. The van der Waals surface area contributed by atoms with E-state index in [1.165, 1.54) is 27.5 Å². The van der Waals surface area contributed by atoms with Crippen molar-refractivity contribution in [1.29, 1.82) is 0 Å². The fourth-order valence-electron chi connectivity index (χ4n) is 10.7. The van der Waals surface area contributed by atoms with E-state index in [9.17, 15) is 0 Å². The Balaban J connectivity index is 1.09. The first-order chi connectivity index (χ1) is 29.7. The largest absolute Gasteiger partial charge is 0.456 e. The molecule has 0 atom stereocenters. The number of hydrogen-bond acceptors (Lipinski definition) is 5. The number of fused-ring (bicyclic) bond motifs is 17. The van der Waals surface area contributed by atoms with Gasteiger partial charge in [0, 0.05) is 65.7 Å². The molecule has 0 saturated carbocycles. The summed E-state index contributed by atoms with van der Waals surface area (Å²) in [5, 5.41) is 8.81. The molecule has 6 heteroatoms. The highest BCUT2D eigenvalue weighted by Gasteiger charge is 2.44. The van der Waals surface area contributed by atoms with Gasteiger partial charge in [0.1, 0.15) is 44.7 Å². The summed E-state index contributed by atoms with van der Waals surface area (Å²) in [6, 6.07) is 60.5. The lowest BCUT2D eigenvalue weighted by atomic mass is 9.37. The highest BCUT2D eigenvalue weighted by Crippen LogP contribution is 2.48. The van der Waals surface area contributed by atoms with Gasteiger partial charge >= 0.3 is 0 Å². The van der Waals surface area contributed by atoms with Crippen LogP contribution < -0.4 is 21.3 Å². The van der Waals surface area contributed by atoms with Crippen molar-refractivity contribution < 1.29 is 17.7 Å². The predicted octanol–water partition coefficient (Wildman–Crippen LogP) is 13.2. The van der Waals surface area contributed by atoms with Crippen molar-refractivity contribution in [2.24, 2.45) is 0 Å². The van der Waals surface area contributed by atoms with Gasteiger partial charge in [-0.1, -0.05) is 96.5 Å². The fraction of sp³-hybridized carbons (Fsp3) is 0. The second-order valence-electron chi connectivity index (χ2n) is 16.3. The Hall–Kier alpha value is -7.96. The second kappa shape index (κ2) is 11.0. The lowest BCUT2D eigenvalue weighted by molar-refractivity contribution is 0.668. The van der Waals surface area contributed by atoms with Crippen LogP contribution in [0.15, 0.2) is 188 Å². The minimum atomic E-state index is -0.0685. The number of rotatable bonds is 2. The van der Waals surface area contributed by atoms with Gasteiger partial charge < -0.3 is 22.6 Å². The molecule has 0 N–H and O–H groups in total. The van der Waals surface area contributed by atoms with Gasteiger partial charge in [-0.2, -0.15) is 0 Å². The van der Waals surface area contributed by atoms with Gasteiger partial charge in [-0.3, -0.25) is 0 Å². The number of benzene rings is 9. The van der Waals surface area contributed by atoms with E-state index in [1.807, 2.05) is 30.3 Å². The first-order valence-electron chi connectivity index (χ1n) is 20.4. The van der Waals surface area contributed by atoms with E-state index in [2.05, 4.69) is 144 Å². The van der Waals surface area contributed by atoms with Crippen LogP contribution in [0, 0.1) is 0 Å². The second-order valence-corrected chi connectivity index (χ2v) is 16.3. The first-order valence-corrected chi connectivity index (χ1v) is 20.4. The van der Waals surface area contributed by atoms with Crippen LogP contribution in [0.3, 0.4) is 0 Å². The maximum Gasteiger partial charge on any atom is 0.248 e. The zero-order valence-electron chi connectivity index (χ0n) is 31.8. The molecule has 0 unspecified atom stereocenters. The van der Waals surface area contributed by atoms with E-state index in [0.717, 1.165) is 116 Å². The summed E-state index contributed by atoms with van der Waals surface area (Å²) >= 11 is 0. The quantitative estimate of drug-likeness (QED) is 0.164. The van der Waals surface area contributed by atoms with Gasteiger partial charge in [-0.05, 0) is 106 Å². The maximum atomic E-state index is 6.71. The molecule has 0 radical (unpaired) electrons. The van der Waals surface area contributed by atoms with Crippen LogP contribution >= 0.6 is 0 Å². The number of nitrogens with zero attached hydrogens (tertiary/aromatic N) is 1. The Labute approximate surface area is 341 Å². The topological polar surface area (TPSA) is 55.8 Å². The molecule has 0 fully saturated rings. The van der Waals surface area contributed by atoms with E-state index in [-0.39, 0.29) is 6.71 Å². The fourth-order valence-corrected chi connectivity index (χ4v) is 10.7. The lowest BCUT2D eigenvalue weighted by Crippen LogP contribution is -2.54. The Bertz CT molecular complexity index is 4050. The molecule has 0 aliphatic carbocycles. The van der Waals surface area contributed by atoms with Crippen LogP contribution in [-0.4, -0.2) is 6.71 Å². The third-order valence-electron chi connectivity index (χ3n) is 13.2. The summed E-state index contributed by atoms with van der Waals surface area (Å²) in [4.78, 5) is 2.47. The van der Waals surface area contributed by atoms with Crippen LogP contribution in [0.5, 0.6) is 0 Å². The summed E-state index contributed by atoms with van der Waals surface area (Å²) in [6.07, 6.45) is 0. The molecule has 5 nitrogen and oxygen atoms in total. The molecule has 9 aromatic carbocycles. The number of anilines is 3. The standard InChI is InChI=1S/C54H28BNO4/c1-8-19-49-32(10-1)36-15-9-14-31(54(36)60-49)29-22-41-37-25-39-34-12-3-6-17-47(34)58-51(39)27-42(37)55-43-28-52-40(35-13-4-7-18-48(35)59-52)26-44(43)56(45(23-29)53(41)55)30-20-21-50-38(24-30)33-11-2-5-16-46(33)57-50/h1-28H. The van der Waals surface area contributed by atoms with Crippen LogP contribution in [0.1, 0.15) is 0 Å². The lowest BCUT2D eigenvalue weighted by Gasteiger charge is -2.36. The smallest absolute Gasteiger partial charge is 0.248 e. The summed E-state index contributed by atoms with van der Waals surface area (Å²) in [5.74, 6) is 0. The summed E-state index contributed by atoms with van der Waals surface area (Å²) < 4.78 is 26.3. The Kier molecular flexibility index (Phi) is 5.67. The average Bonchev–Trinajstić information content (AvgIpc) is 4.10. The molecule has 0 amide bonds. The molecule has 60 heavy (non-hydrogen) atoms. The van der Waals surface area contributed by atoms with Crippen molar-refractivity contribution in [3.05, 3.63) is 170 Å². The van der Waals surface area contributed by atoms with Crippen LogP contribution in [0.25, 0.3) is 110 Å². The molecule has 0 spiro atoms. The van der Waals surface area contributed by atoms with Gasteiger partial charge in [0.15, 0.2) is 0 Å². The van der Waals surface area contributed by atoms with Gasteiger partial charge in [0.25, 0.3) is 0 Å². The van der Waals surface area contributed by atoms with E-state index in [1.54, 1.807) is 0 Å². The molecule has 4 aromatic heterocycles. The normalized spacial score (nSPS) is 13.3. The molecule has 276 valence electrons. The van der Waals surface area contributed by atoms with Crippen molar-refractivity contribution in [3.63, 3.8) is 0 Å². The minimum Gasteiger partial charge on any atom is -0.456 e. The summed E-state index contributed by atoms with van der Waals surface area (Å²) in [7, 11) is 0. The van der Waals surface area contributed by atoms with Crippen molar-refractivity contribution in [1.82, 2.24) is 0 Å². The molecule has 2 aliphatic heterocycles. The highest BCUT2D eigenvalue weighted by molar-refractivity contribution is 7.01. The Morgan fingerprint density at radius 2 is 0.883 bits per heavy atom. The molecule has 13 aromatic rings. The van der Waals surface area contributed by atoms with Crippen LogP contribution in [-0.2, 0) is 0 Å². The number of furan rings is 4. The highest BCUT2D eigenvalue weighted by atomic mass is 16.3. The molecule has 2 aliphatic rings. The minimum absolute atomic E-state index is 0.0685. The summed E-state index contributed by atoms with van der Waals surface area (Å²) in [5.41, 5.74) is 18.6. The number of hydrogen-bond donors (Lipinski definition) is 0. The van der Waals surface area contributed by atoms with Gasteiger partial charge in [0.05, 0.1) is 0 Å². The molecular weight excluding hydrogens is 737 g/mol. The average molecular weight is 766 g/mol. The van der Waals surface area contributed by atoms with Crippen LogP contribution in [0.2, 0.25) is 0 Å². The van der Waals surface area contributed by atoms with E-state index >= 15 is 0 Å². The zero-order valence-corrected chi connectivity index (χ0v) is 31.8. The van der Waals surface area contributed by atoms with Gasteiger partial charge in [0.2, 0.25) is 6.71 Å². The maximum absolute atomic E-state index is 6.71. The third kappa shape index (κ3) is 3.93. The van der Waals surface area contributed by atoms with E-state index in [0.29, 0.717) is 0 Å². The molecule has 15 rings (SSSR count). The molecule has 0 bridgehead atoms. The Morgan fingerprint density at radius 3 is 1.58 bits per heavy atom. The Morgan fingerprint density at radius 1 is 0.333 bits per heavy atom. The van der Waals surface area contributed by atoms with Crippen molar-refractivity contribution >= 4 is 128 Å². The van der Waals surface area contributed by atoms with E-state index in [4.69, 9.17) is 17.7 Å². The van der Waals surface area contributed by atoms with E-state index < -0.39 is 0 Å².